The molecule has 3 heterocycles. The van der Waals surface area contributed by atoms with E-state index in [-0.39, 0.29) is 11.4 Å². The van der Waals surface area contributed by atoms with Crippen molar-refractivity contribution in [3.8, 4) is 5.95 Å². The summed E-state index contributed by atoms with van der Waals surface area (Å²) in [5, 5.41) is 0.177. The van der Waals surface area contributed by atoms with E-state index in [1.54, 1.807) is 23.3 Å². The summed E-state index contributed by atoms with van der Waals surface area (Å²) in [6, 6.07) is 0. The maximum Gasteiger partial charge on any atom is 0.241 e. The molecule has 106 valence electrons. The Morgan fingerprint density at radius 2 is 2.15 bits per heavy atom. The minimum absolute atomic E-state index is 0.143. The largest absolute Gasteiger partial charge is 0.377 e. The molecular formula is C12H15ClN6O. The number of nitrogens with zero attached hydrogens (tertiary/aromatic N) is 6. The normalized spacial score (nSPS) is 19.9. The van der Waals surface area contributed by atoms with Gasteiger partial charge in [-0.3, -0.25) is 4.57 Å². The molecule has 8 heteroatoms. The average molecular weight is 295 g/mol. The lowest BCUT2D eigenvalue weighted by atomic mass is 10.3. The zero-order valence-electron chi connectivity index (χ0n) is 11.1. The molecule has 1 unspecified atom stereocenters. The molecule has 0 amide bonds. The minimum Gasteiger partial charge on any atom is -0.377 e. The highest BCUT2D eigenvalue weighted by atomic mass is 35.5. The predicted octanol–water partition coefficient (Wildman–Crippen LogP) is 1.33. The molecule has 1 atom stereocenters. The van der Waals surface area contributed by atoms with Crippen LogP contribution in [-0.4, -0.2) is 50.3 Å². The SMILES string of the molecule is CC1CN(c2nc(Cl)nc(-n3ccnc3)n2)CCCO1. The molecule has 2 aromatic heterocycles. The van der Waals surface area contributed by atoms with Gasteiger partial charge in [-0.25, -0.2) is 4.98 Å². The molecule has 7 nitrogen and oxygen atoms in total. The van der Waals surface area contributed by atoms with E-state index in [1.807, 2.05) is 6.92 Å². The zero-order chi connectivity index (χ0) is 13.9. The summed E-state index contributed by atoms with van der Waals surface area (Å²) >= 11 is 6.01. The van der Waals surface area contributed by atoms with E-state index in [0.29, 0.717) is 11.9 Å². The number of halogens is 1. The third-order valence-corrected chi connectivity index (χ3v) is 3.22. The lowest BCUT2D eigenvalue weighted by molar-refractivity contribution is 0.0820. The summed E-state index contributed by atoms with van der Waals surface area (Å²) in [6.45, 7) is 4.38. The lowest BCUT2D eigenvalue weighted by Gasteiger charge is -2.22. The molecule has 1 aliphatic rings. The molecule has 0 spiro atoms. The fourth-order valence-electron chi connectivity index (χ4n) is 2.14. The quantitative estimate of drug-likeness (QED) is 0.832. The Labute approximate surface area is 121 Å². The van der Waals surface area contributed by atoms with Gasteiger partial charge < -0.3 is 9.64 Å². The van der Waals surface area contributed by atoms with Crippen molar-refractivity contribution < 1.29 is 4.74 Å². The minimum atomic E-state index is 0.143. The molecule has 0 aliphatic carbocycles. The Bertz CT molecular complexity index is 575. The van der Waals surface area contributed by atoms with Crippen LogP contribution in [0.15, 0.2) is 18.7 Å². The molecule has 1 fully saturated rings. The highest BCUT2D eigenvalue weighted by Crippen LogP contribution is 2.16. The van der Waals surface area contributed by atoms with Gasteiger partial charge in [0.05, 0.1) is 6.10 Å². The van der Waals surface area contributed by atoms with E-state index in [1.165, 1.54) is 0 Å². The fraction of sp³-hybridized carbons (Fsp3) is 0.500. The summed E-state index contributed by atoms with van der Waals surface area (Å²) < 4.78 is 7.33. The second-order valence-electron chi connectivity index (χ2n) is 4.66. The Morgan fingerprint density at radius 1 is 1.30 bits per heavy atom. The first-order valence-corrected chi connectivity index (χ1v) is 6.86. The van der Waals surface area contributed by atoms with Gasteiger partial charge in [-0.15, -0.1) is 0 Å². The van der Waals surface area contributed by atoms with Gasteiger partial charge in [-0.2, -0.15) is 15.0 Å². The van der Waals surface area contributed by atoms with Gasteiger partial charge in [0.1, 0.15) is 6.33 Å². The molecule has 0 bridgehead atoms. The number of aromatic nitrogens is 5. The van der Waals surface area contributed by atoms with Crippen LogP contribution >= 0.6 is 11.6 Å². The fourth-order valence-corrected chi connectivity index (χ4v) is 2.29. The summed E-state index contributed by atoms with van der Waals surface area (Å²) in [5.74, 6) is 1.04. The second kappa shape index (κ2) is 5.72. The third kappa shape index (κ3) is 2.88. The van der Waals surface area contributed by atoms with Crippen LogP contribution < -0.4 is 4.90 Å². The van der Waals surface area contributed by atoms with Gasteiger partial charge in [-0.1, -0.05) is 0 Å². The molecule has 3 rings (SSSR count). The molecule has 0 radical (unpaired) electrons. The van der Waals surface area contributed by atoms with Crippen molar-refractivity contribution in [1.82, 2.24) is 24.5 Å². The summed E-state index contributed by atoms with van der Waals surface area (Å²) in [5.41, 5.74) is 0. The van der Waals surface area contributed by atoms with Gasteiger partial charge >= 0.3 is 0 Å². The van der Waals surface area contributed by atoms with Gasteiger partial charge in [0.15, 0.2) is 0 Å². The van der Waals surface area contributed by atoms with Crippen LogP contribution in [0.5, 0.6) is 0 Å². The van der Waals surface area contributed by atoms with Gasteiger partial charge in [0.25, 0.3) is 0 Å². The molecule has 0 saturated carbocycles. The van der Waals surface area contributed by atoms with E-state index < -0.39 is 0 Å². The molecule has 0 aromatic carbocycles. The number of imidazole rings is 1. The van der Waals surface area contributed by atoms with E-state index in [0.717, 1.165) is 26.1 Å². The van der Waals surface area contributed by atoms with E-state index in [9.17, 15) is 0 Å². The predicted molar refractivity (Wildman–Crippen MR) is 74.2 cm³/mol. The van der Waals surface area contributed by atoms with Crippen molar-refractivity contribution >= 4 is 17.5 Å². The molecule has 1 aliphatic heterocycles. The van der Waals surface area contributed by atoms with Gasteiger partial charge in [0, 0.05) is 32.1 Å². The number of ether oxygens (including phenoxy) is 1. The topological polar surface area (TPSA) is 69.0 Å². The van der Waals surface area contributed by atoms with Crippen molar-refractivity contribution in [2.45, 2.75) is 19.4 Å². The van der Waals surface area contributed by atoms with E-state index >= 15 is 0 Å². The maximum atomic E-state index is 6.01. The molecule has 2 aromatic rings. The van der Waals surface area contributed by atoms with Crippen LogP contribution in [0, 0.1) is 0 Å². The Kier molecular flexibility index (Phi) is 3.79. The summed E-state index contributed by atoms with van der Waals surface area (Å²) in [7, 11) is 0. The Morgan fingerprint density at radius 3 is 2.95 bits per heavy atom. The van der Waals surface area contributed by atoms with Crippen molar-refractivity contribution in [2.24, 2.45) is 0 Å². The van der Waals surface area contributed by atoms with Crippen molar-refractivity contribution in [1.29, 1.82) is 0 Å². The van der Waals surface area contributed by atoms with E-state index in [2.05, 4.69) is 24.8 Å². The second-order valence-corrected chi connectivity index (χ2v) is 4.99. The molecule has 1 saturated heterocycles. The van der Waals surface area contributed by atoms with E-state index in [4.69, 9.17) is 16.3 Å². The van der Waals surface area contributed by atoms with Crippen molar-refractivity contribution in [3.63, 3.8) is 0 Å². The third-order valence-electron chi connectivity index (χ3n) is 3.05. The summed E-state index contributed by atoms with van der Waals surface area (Å²) in [6.07, 6.45) is 6.14. The standard InChI is InChI=1S/C12H15ClN6O/c1-9-7-18(4-2-6-20-9)11-15-10(13)16-12(17-11)19-5-3-14-8-19/h3,5,8-9H,2,4,6-7H2,1H3. The van der Waals surface area contributed by atoms with Crippen LogP contribution in [0.25, 0.3) is 5.95 Å². The molecule has 0 N–H and O–H groups in total. The first kappa shape index (κ1) is 13.3. The van der Waals surface area contributed by atoms with Crippen LogP contribution in [0.4, 0.5) is 5.95 Å². The van der Waals surface area contributed by atoms with Crippen LogP contribution in [0.1, 0.15) is 13.3 Å². The first-order valence-electron chi connectivity index (χ1n) is 6.49. The van der Waals surface area contributed by atoms with Gasteiger partial charge in [0.2, 0.25) is 17.2 Å². The maximum absolute atomic E-state index is 6.01. The summed E-state index contributed by atoms with van der Waals surface area (Å²) in [4.78, 5) is 18.9. The highest BCUT2D eigenvalue weighted by molar-refractivity contribution is 6.28. The van der Waals surface area contributed by atoms with Crippen molar-refractivity contribution in [2.75, 3.05) is 24.6 Å². The highest BCUT2D eigenvalue weighted by Gasteiger charge is 2.19. The number of hydrogen-bond acceptors (Lipinski definition) is 6. The van der Waals surface area contributed by atoms with Crippen molar-refractivity contribution in [3.05, 3.63) is 24.0 Å². The smallest absolute Gasteiger partial charge is 0.241 e. The molecule has 20 heavy (non-hydrogen) atoms. The lowest BCUT2D eigenvalue weighted by Crippen LogP contribution is -2.32. The average Bonchev–Trinajstić information content (AvgIpc) is 2.87. The van der Waals surface area contributed by atoms with Gasteiger partial charge in [-0.05, 0) is 24.9 Å². The Hall–Kier alpha value is -1.73. The number of anilines is 1. The van der Waals surface area contributed by atoms with Crippen LogP contribution in [0.2, 0.25) is 5.28 Å². The number of hydrogen-bond donors (Lipinski definition) is 0. The number of rotatable bonds is 2. The zero-order valence-corrected chi connectivity index (χ0v) is 11.9. The molecular weight excluding hydrogens is 280 g/mol. The van der Waals surface area contributed by atoms with Crippen LogP contribution in [0.3, 0.4) is 0 Å². The first-order chi connectivity index (χ1) is 9.72. The van der Waals surface area contributed by atoms with Crippen LogP contribution in [-0.2, 0) is 4.74 Å². The monoisotopic (exact) mass is 294 g/mol. The Balaban J connectivity index is 1.92.